The SMILES string of the molecule is COCCNCC(C)NCc1ccnc2ccccc12. The molecule has 1 heterocycles. The van der Waals surface area contributed by atoms with Crippen molar-refractivity contribution in [1.29, 1.82) is 0 Å². The summed E-state index contributed by atoms with van der Waals surface area (Å²) in [4.78, 5) is 4.39. The maximum Gasteiger partial charge on any atom is 0.0705 e. The summed E-state index contributed by atoms with van der Waals surface area (Å²) in [5.74, 6) is 0. The van der Waals surface area contributed by atoms with Crippen molar-refractivity contribution in [1.82, 2.24) is 15.6 Å². The van der Waals surface area contributed by atoms with E-state index in [0.29, 0.717) is 6.04 Å². The molecule has 0 fully saturated rings. The van der Waals surface area contributed by atoms with E-state index in [0.717, 1.165) is 31.8 Å². The van der Waals surface area contributed by atoms with Crippen LogP contribution < -0.4 is 10.6 Å². The minimum atomic E-state index is 0.416. The summed E-state index contributed by atoms with van der Waals surface area (Å²) in [7, 11) is 1.72. The van der Waals surface area contributed by atoms with Gasteiger partial charge in [0.25, 0.3) is 0 Å². The summed E-state index contributed by atoms with van der Waals surface area (Å²) < 4.78 is 5.01. The van der Waals surface area contributed by atoms with E-state index in [9.17, 15) is 0 Å². The molecule has 0 radical (unpaired) electrons. The van der Waals surface area contributed by atoms with Gasteiger partial charge in [0, 0.05) is 44.4 Å². The summed E-state index contributed by atoms with van der Waals surface area (Å²) in [6.45, 7) is 5.62. The Hall–Kier alpha value is -1.49. The molecule has 0 bridgehead atoms. The average Bonchev–Trinajstić information content (AvgIpc) is 2.49. The monoisotopic (exact) mass is 273 g/mol. The zero-order valence-electron chi connectivity index (χ0n) is 12.2. The molecule has 4 heteroatoms. The van der Waals surface area contributed by atoms with Crippen molar-refractivity contribution in [3.05, 3.63) is 42.1 Å². The molecule has 0 saturated carbocycles. The molecule has 0 amide bonds. The van der Waals surface area contributed by atoms with Crippen LogP contribution in [0.4, 0.5) is 0 Å². The Labute approximate surface area is 120 Å². The van der Waals surface area contributed by atoms with Gasteiger partial charge in [-0.3, -0.25) is 4.98 Å². The van der Waals surface area contributed by atoms with E-state index in [1.165, 1.54) is 10.9 Å². The Balaban J connectivity index is 1.86. The second kappa shape index (κ2) is 7.94. The molecule has 0 aliphatic rings. The molecule has 108 valence electrons. The zero-order valence-corrected chi connectivity index (χ0v) is 12.2. The highest BCUT2D eigenvalue weighted by Gasteiger charge is 2.04. The molecule has 20 heavy (non-hydrogen) atoms. The third-order valence-electron chi connectivity index (χ3n) is 3.31. The number of nitrogens with zero attached hydrogens (tertiary/aromatic N) is 1. The lowest BCUT2D eigenvalue weighted by Crippen LogP contribution is -2.37. The van der Waals surface area contributed by atoms with Crippen LogP contribution in [0.5, 0.6) is 0 Å². The third kappa shape index (κ3) is 4.27. The van der Waals surface area contributed by atoms with Gasteiger partial charge >= 0.3 is 0 Å². The Kier molecular flexibility index (Phi) is 5.92. The maximum absolute atomic E-state index is 5.01. The van der Waals surface area contributed by atoms with Crippen LogP contribution in [0.1, 0.15) is 12.5 Å². The minimum absolute atomic E-state index is 0.416. The minimum Gasteiger partial charge on any atom is -0.383 e. The Morgan fingerprint density at radius 3 is 2.95 bits per heavy atom. The van der Waals surface area contributed by atoms with Crippen molar-refractivity contribution >= 4 is 10.9 Å². The van der Waals surface area contributed by atoms with E-state index < -0.39 is 0 Å². The molecular formula is C16H23N3O. The summed E-state index contributed by atoms with van der Waals surface area (Å²) in [5, 5.41) is 8.12. The molecule has 0 spiro atoms. The van der Waals surface area contributed by atoms with Gasteiger partial charge in [-0.1, -0.05) is 18.2 Å². The van der Waals surface area contributed by atoms with Crippen LogP contribution in [-0.2, 0) is 11.3 Å². The molecule has 1 unspecified atom stereocenters. The van der Waals surface area contributed by atoms with Crippen LogP contribution in [0.15, 0.2) is 36.5 Å². The predicted octanol–water partition coefficient (Wildman–Crippen LogP) is 1.95. The first-order valence-electron chi connectivity index (χ1n) is 7.07. The van der Waals surface area contributed by atoms with Crippen LogP contribution in [0.3, 0.4) is 0 Å². The van der Waals surface area contributed by atoms with E-state index >= 15 is 0 Å². The largest absolute Gasteiger partial charge is 0.383 e. The topological polar surface area (TPSA) is 46.2 Å². The van der Waals surface area contributed by atoms with Gasteiger partial charge in [-0.05, 0) is 24.6 Å². The fourth-order valence-corrected chi connectivity index (χ4v) is 2.16. The fourth-order valence-electron chi connectivity index (χ4n) is 2.16. The molecule has 1 aromatic carbocycles. The first-order valence-corrected chi connectivity index (χ1v) is 7.07. The lowest BCUT2D eigenvalue weighted by atomic mass is 10.1. The smallest absolute Gasteiger partial charge is 0.0705 e. The molecule has 0 aliphatic heterocycles. The number of ether oxygens (including phenoxy) is 1. The lowest BCUT2D eigenvalue weighted by molar-refractivity contribution is 0.198. The highest BCUT2D eigenvalue weighted by molar-refractivity contribution is 5.81. The first kappa shape index (κ1) is 14.9. The third-order valence-corrected chi connectivity index (χ3v) is 3.31. The van der Waals surface area contributed by atoms with Crippen molar-refractivity contribution < 1.29 is 4.74 Å². The number of hydrogen-bond donors (Lipinski definition) is 2. The number of pyridine rings is 1. The van der Waals surface area contributed by atoms with E-state index in [-0.39, 0.29) is 0 Å². The van der Waals surface area contributed by atoms with Crippen molar-refractivity contribution in [2.45, 2.75) is 19.5 Å². The zero-order chi connectivity index (χ0) is 14.2. The van der Waals surface area contributed by atoms with E-state index in [4.69, 9.17) is 4.74 Å². The van der Waals surface area contributed by atoms with E-state index in [1.807, 2.05) is 12.3 Å². The lowest BCUT2D eigenvalue weighted by Gasteiger charge is -2.15. The molecule has 1 atom stereocenters. The number of fused-ring (bicyclic) bond motifs is 1. The summed E-state index contributed by atoms with van der Waals surface area (Å²) in [6, 6.07) is 10.8. The van der Waals surface area contributed by atoms with E-state index in [2.05, 4.69) is 46.8 Å². The van der Waals surface area contributed by atoms with Crippen LogP contribution >= 0.6 is 0 Å². The number of nitrogens with one attached hydrogen (secondary N) is 2. The number of para-hydroxylation sites is 1. The summed E-state index contributed by atoms with van der Waals surface area (Å²) in [6.07, 6.45) is 1.88. The van der Waals surface area contributed by atoms with Gasteiger partial charge in [0.15, 0.2) is 0 Å². The average molecular weight is 273 g/mol. The predicted molar refractivity (Wildman–Crippen MR) is 82.8 cm³/mol. The van der Waals surface area contributed by atoms with Gasteiger partial charge in [0.2, 0.25) is 0 Å². The number of hydrogen-bond acceptors (Lipinski definition) is 4. The molecule has 0 saturated heterocycles. The van der Waals surface area contributed by atoms with E-state index in [1.54, 1.807) is 7.11 Å². The number of benzene rings is 1. The number of aromatic nitrogens is 1. The van der Waals surface area contributed by atoms with Gasteiger partial charge in [0.05, 0.1) is 12.1 Å². The quantitative estimate of drug-likeness (QED) is 0.722. The van der Waals surface area contributed by atoms with Crippen LogP contribution in [0.2, 0.25) is 0 Å². The maximum atomic E-state index is 5.01. The van der Waals surface area contributed by atoms with Gasteiger partial charge in [-0.2, -0.15) is 0 Å². The highest BCUT2D eigenvalue weighted by Crippen LogP contribution is 2.15. The Morgan fingerprint density at radius 1 is 1.25 bits per heavy atom. The molecule has 4 nitrogen and oxygen atoms in total. The van der Waals surface area contributed by atoms with Crippen molar-refractivity contribution in [3.63, 3.8) is 0 Å². The second-order valence-corrected chi connectivity index (χ2v) is 4.97. The van der Waals surface area contributed by atoms with Gasteiger partial charge < -0.3 is 15.4 Å². The van der Waals surface area contributed by atoms with Crippen LogP contribution in [0, 0.1) is 0 Å². The standard InChI is InChI=1S/C16H23N3O/c1-13(11-17-9-10-20-2)19-12-14-7-8-18-16-6-4-3-5-15(14)16/h3-8,13,17,19H,9-12H2,1-2H3. The van der Waals surface area contributed by atoms with Crippen molar-refractivity contribution in [2.75, 3.05) is 26.8 Å². The number of methoxy groups -OCH3 is 1. The summed E-state index contributed by atoms with van der Waals surface area (Å²) in [5.41, 5.74) is 2.34. The fraction of sp³-hybridized carbons (Fsp3) is 0.438. The molecule has 2 aromatic rings. The van der Waals surface area contributed by atoms with Gasteiger partial charge in [0.1, 0.15) is 0 Å². The first-order chi connectivity index (χ1) is 9.81. The molecule has 2 N–H and O–H groups in total. The second-order valence-electron chi connectivity index (χ2n) is 4.97. The molecular weight excluding hydrogens is 250 g/mol. The highest BCUT2D eigenvalue weighted by atomic mass is 16.5. The van der Waals surface area contributed by atoms with Gasteiger partial charge in [-0.15, -0.1) is 0 Å². The molecule has 1 aromatic heterocycles. The number of rotatable bonds is 8. The van der Waals surface area contributed by atoms with Crippen molar-refractivity contribution in [3.8, 4) is 0 Å². The van der Waals surface area contributed by atoms with Crippen LogP contribution in [0.25, 0.3) is 10.9 Å². The molecule has 2 rings (SSSR count). The Morgan fingerprint density at radius 2 is 2.10 bits per heavy atom. The molecule has 0 aliphatic carbocycles. The normalized spacial score (nSPS) is 12.7. The Bertz CT molecular complexity index is 525. The van der Waals surface area contributed by atoms with Gasteiger partial charge in [-0.25, -0.2) is 0 Å². The van der Waals surface area contributed by atoms with Crippen molar-refractivity contribution in [2.24, 2.45) is 0 Å². The summed E-state index contributed by atoms with van der Waals surface area (Å²) >= 11 is 0. The van der Waals surface area contributed by atoms with Crippen LogP contribution in [-0.4, -0.2) is 37.8 Å².